The van der Waals surface area contributed by atoms with Crippen molar-refractivity contribution < 1.29 is 4.74 Å². The van der Waals surface area contributed by atoms with Gasteiger partial charge in [-0.2, -0.15) is 0 Å². The molecule has 0 radical (unpaired) electrons. The molecule has 0 aromatic rings. The van der Waals surface area contributed by atoms with Crippen LogP contribution in [0.25, 0.3) is 0 Å². The molecule has 0 amide bonds. The monoisotopic (exact) mass is 174 g/mol. The Labute approximate surface area is 79.1 Å². The Balaban J connectivity index is 2.42. The van der Waals surface area contributed by atoms with Crippen LogP contribution in [0.15, 0.2) is 47.3 Å². The molecule has 0 aromatic carbocycles. The van der Waals surface area contributed by atoms with E-state index in [0.717, 1.165) is 5.76 Å². The van der Waals surface area contributed by atoms with Gasteiger partial charge in [-0.3, -0.25) is 0 Å². The largest absolute Gasteiger partial charge is 0.489 e. The zero-order valence-electron chi connectivity index (χ0n) is 8.08. The second kappa shape index (κ2) is 3.25. The van der Waals surface area contributed by atoms with Crippen LogP contribution in [-0.2, 0) is 4.74 Å². The highest BCUT2D eigenvalue weighted by Gasteiger charge is 2.11. The molecule has 0 spiro atoms. The van der Waals surface area contributed by atoms with Crippen molar-refractivity contribution >= 4 is 0 Å². The molecule has 0 fully saturated rings. The van der Waals surface area contributed by atoms with Crippen LogP contribution < -0.4 is 0 Å². The third kappa shape index (κ3) is 1.59. The van der Waals surface area contributed by atoms with Crippen molar-refractivity contribution in [1.29, 1.82) is 0 Å². The van der Waals surface area contributed by atoms with Gasteiger partial charge in [0.05, 0.1) is 0 Å². The van der Waals surface area contributed by atoms with Gasteiger partial charge in [0, 0.05) is 5.57 Å². The molecule has 1 aliphatic heterocycles. The molecule has 0 N–H and O–H groups in total. The Hall–Kier alpha value is -1.24. The maximum absolute atomic E-state index is 5.55. The molecule has 2 aliphatic rings. The van der Waals surface area contributed by atoms with Crippen LogP contribution >= 0.6 is 0 Å². The first-order chi connectivity index (χ1) is 6.27. The van der Waals surface area contributed by atoms with Crippen molar-refractivity contribution in [3.63, 3.8) is 0 Å². The second-order valence-corrected chi connectivity index (χ2v) is 3.57. The topological polar surface area (TPSA) is 9.23 Å². The van der Waals surface area contributed by atoms with Crippen molar-refractivity contribution in [3.05, 3.63) is 47.3 Å². The van der Waals surface area contributed by atoms with Crippen molar-refractivity contribution in [1.82, 2.24) is 0 Å². The van der Waals surface area contributed by atoms with E-state index in [9.17, 15) is 0 Å². The summed E-state index contributed by atoms with van der Waals surface area (Å²) in [5, 5.41) is 0. The molecule has 68 valence electrons. The molecule has 1 atom stereocenters. The van der Waals surface area contributed by atoms with E-state index in [-0.39, 0.29) is 0 Å². The van der Waals surface area contributed by atoms with Crippen LogP contribution in [0.5, 0.6) is 0 Å². The number of allylic oxidation sites excluding steroid dienone is 6. The predicted octanol–water partition coefficient (Wildman–Crippen LogP) is 2.98. The lowest BCUT2D eigenvalue weighted by Crippen LogP contribution is -1.98. The van der Waals surface area contributed by atoms with Crippen molar-refractivity contribution in [2.75, 3.05) is 6.61 Å². The van der Waals surface area contributed by atoms with Gasteiger partial charge in [-0.15, -0.1) is 0 Å². The van der Waals surface area contributed by atoms with Gasteiger partial charge in [-0.25, -0.2) is 0 Å². The highest BCUT2D eigenvalue weighted by Crippen LogP contribution is 2.24. The third-order valence-corrected chi connectivity index (χ3v) is 2.56. The van der Waals surface area contributed by atoms with Crippen molar-refractivity contribution in [2.24, 2.45) is 5.92 Å². The lowest BCUT2D eigenvalue weighted by Gasteiger charge is -2.11. The number of hydrogen-bond acceptors (Lipinski definition) is 1. The average Bonchev–Trinajstić information content (AvgIpc) is 2.28. The molecule has 1 heterocycles. The van der Waals surface area contributed by atoms with Gasteiger partial charge in [0.25, 0.3) is 0 Å². The second-order valence-electron chi connectivity index (χ2n) is 3.57. The SMILES string of the molecule is CC1=CC2=C(C=CCO2)C=CC1C. The number of rotatable bonds is 0. The Morgan fingerprint density at radius 1 is 1.38 bits per heavy atom. The van der Waals surface area contributed by atoms with Gasteiger partial charge in [0.1, 0.15) is 12.4 Å². The van der Waals surface area contributed by atoms with Crippen LogP contribution in [0.4, 0.5) is 0 Å². The quantitative estimate of drug-likeness (QED) is 0.548. The van der Waals surface area contributed by atoms with E-state index < -0.39 is 0 Å². The molecule has 0 bridgehead atoms. The van der Waals surface area contributed by atoms with Crippen LogP contribution in [0, 0.1) is 5.92 Å². The van der Waals surface area contributed by atoms with Gasteiger partial charge < -0.3 is 4.74 Å². The summed E-state index contributed by atoms with van der Waals surface area (Å²) in [5.41, 5.74) is 2.55. The van der Waals surface area contributed by atoms with Crippen LogP contribution in [-0.4, -0.2) is 6.61 Å². The summed E-state index contributed by atoms with van der Waals surface area (Å²) in [4.78, 5) is 0. The van der Waals surface area contributed by atoms with Gasteiger partial charge in [0.15, 0.2) is 0 Å². The number of ether oxygens (including phenoxy) is 1. The van der Waals surface area contributed by atoms with E-state index >= 15 is 0 Å². The highest BCUT2D eigenvalue weighted by atomic mass is 16.5. The normalized spacial score (nSPS) is 26.3. The van der Waals surface area contributed by atoms with Gasteiger partial charge in [-0.05, 0) is 25.0 Å². The van der Waals surface area contributed by atoms with E-state index in [2.05, 4.69) is 38.2 Å². The smallest absolute Gasteiger partial charge is 0.126 e. The number of hydrogen-bond donors (Lipinski definition) is 0. The summed E-state index contributed by atoms with van der Waals surface area (Å²) < 4.78 is 5.55. The summed E-state index contributed by atoms with van der Waals surface area (Å²) >= 11 is 0. The molecule has 2 rings (SSSR count). The molecule has 0 saturated carbocycles. The Morgan fingerprint density at radius 3 is 3.08 bits per heavy atom. The van der Waals surface area contributed by atoms with Gasteiger partial charge >= 0.3 is 0 Å². The van der Waals surface area contributed by atoms with Crippen LogP contribution in [0.3, 0.4) is 0 Å². The Bertz CT molecular complexity index is 329. The van der Waals surface area contributed by atoms with Crippen molar-refractivity contribution in [2.45, 2.75) is 13.8 Å². The molecule has 1 nitrogen and oxygen atoms in total. The van der Waals surface area contributed by atoms with E-state index in [1.165, 1.54) is 11.1 Å². The molecule has 0 saturated heterocycles. The minimum Gasteiger partial charge on any atom is -0.489 e. The van der Waals surface area contributed by atoms with Crippen LogP contribution in [0.1, 0.15) is 13.8 Å². The first kappa shape index (κ1) is 8.36. The first-order valence-electron chi connectivity index (χ1n) is 4.67. The maximum atomic E-state index is 5.55. The molecule has 1 unspecified atom stereocenters. The molecule has 13 heavy (non-hydrogen) atoms. The standard InChI is InChI=1S/C12H14O/c1-9-5-6-11-4-3-7-13-12(11)8-10(9)2/h3-6,8-9H,7H2,1-2H3. The zero-order valence-corrected chi connectivity index (χ0v) is 8.08. The molecular formula is C12H14O. The molecule has 0 aromatic heterocycles. The van der Waals surface area contributed by atoms with Gasteiger partial charge in [0.2, 0.25) is 0 Å². The van der Waals surface area contributed by atoms with E-state index in [1.54, 1.807) is 0 Å². The lowest BCUT2D eigenvalue weighted by molar-refractivity contribution is 0.254. The first-order valence-corrected chi connectivity index (χ1v) is 4.67. The third-order valence-electron chi connectivity index (χ3n) is 2.56. The summed E-state index contributed by atoms with van der Waals surface area (Å²) in [6, 6.07) is 0. The summed E-state index contributed by atoms with van der Waals surface area (Å²) in [6.45, 7) is 5.04. The fourth-order valence-electron chi connectivity index (χ4n) is 1.48. The molecule has 1 heteroatoms. The highest BCUT2D eigenvalue weighted by molar-refractivity contribution is 5.43. The lowest BCUT2D eigenvalue weighted by atomic mass is 10.0. The minimum atomic E-state index is 0.516. The van der Waals surface area contributed by atoms with Gasteiger partial charge in [-0.1, -0.05) is 30.7 Å². The summed E-state index contributed by atoms with van der Waals surface area (Å²) in [7, 11) is 0. The molecular weight excluding hydrogens is 160 g/mol. The zero-order chi connectivity index (χ0) is 9.26. The van der Waals surface area contributed by atoms with Crippen LogP contribution in [0.2, 0.25) is 0 Å². The molecule has 1 aliphatic carbocycles. The predicted molar refractivity (Wildman–Crippen MR) is 54.2 cm³/mol. The summed E-state index contributed by atoms with van der Waals surface area (Å²) in [6.07, 6.45) is 10.7. The fraction of sp³-hybridized carbons (Fsp3) is 0.333. The van der Waals surface area contributed by atoms with E-state index in [4.69, 9.17) is 4.74 Å². The Morgan fingerprint density at radius 2 is 2.23 bits per heavy atom. The average molecular weight is 174 g/mol. The Kier molecular flexibility index (Phi) is 2.09. The van der Waals surface area contributed by atoms with E-state index in [1.807, 2.05) is 6.08 Å². The minimum absolute atomic E-state index is 0.516. The van der Waals surface area contributed by atoms with Crippen molar-refractivity contribution in [3.8, 4) is 0 Å². The fourth-order valence-corrected chi connectivity index (χ4v) is 1.48. The van der Waals surface area contributed by atoms with E-state index in [0.29, 0.717) is 12.5 Å². The maximum Gasteiger partial charge on any atom is 0.126 e. The summed E-state index contributed by atoms with van der Waals surface area (Å²) in [5.74, 6) is 1.53.